The second-order valence-electron chi connectivity index (χ2n) is 5.21. The highest BCUT2D eigenvalue weighted by Crippen LogP contribution is 2.26. The number of amides is 1. The Labute approximate surface area is 155 Å². The smallest absolute Gasteiger partial charge is 0.340 e. The minimum absolute atomic E-state index is 0.0972. The highest BCUT2D eigenvalue weighted by atomic mass is 35.5. The maximum atomic E-state index is 12.1. The molecule has 1 atom stereocenters. The summed E-state index contributed by atoms with van der Waals surface area (Å²) in [6, 6.07) is 11.9. The summed E-state index contributed by atoms with van der Waals surface area (Å²) in [5.41, 5.74) is 1.01. The van der Waals surface area contributed by atoms with Gasteiger partial charge in [0.1, 0.15) is 5.75 Å². The average molecular weight is 382 g/mol. The Morgan fingerprint density at radius 2 is 1.80 bits per heavy atom. The summed E-state index contributed by atoms with van der Waals surface area (Å²) in [6.07, 6.45) is -0.971. The first-order chi connectivity index (χ1) is 11.9. The molecule has 0 radical (unpaired) electrons. The first-order valence-corrected chi connectivity index (χ1v) is 8.23. The van der Waals surface area contributed by atoms with Crippen LogP contribution in [0.4, 0.5) is 0 Å². The van der Waals surface area contributed by atoms with Crippen molar-refractivity contribution in [3.63, 3.8) is 0 Å². The first kappa shape index (κ1) is 19.1. The van der Waals surface area contributed by atoms with E-state index < -0.39 is 18.0 Å². The summed E-state index contributed by atoms with van der Waals surface area (Å²) in [5.74, 6) is -0.391. The Balaban J connectivity index is 1.91. The molecule has 1 amide bonds. The molecular weight excluding hydrogens is 365 g/mol. The largest absolute Gasteiger partial charge is 0.497 e. The van der Waals surface area contributed by atoms with Crippen molar-refractivity contribution in [2.24, 2.45) is 0 Å². The van der Waals surface area contributed by atoms with Gasteiger partial charge in [0.2, 0.25) is 0 Å². The monoisotopic (exact) mass is 381 g/mol. The molecule has 0 aliphatic carbocycles. The van der Waals surface area contributed by atoms with Crippen LogP contribution in [0, 0.1) is 0 Å². The number of nitrogens with one attached hydrogen (secondary N) is 1. The van der Waals surface area contributed by atoms with Crippen LogP contribution in [-0.4, -0.2) is 25.1 Å². The molecule has 2 rings (SSSR count). The van der Waals surface area contributed by atoms with Crippen LogP contribution in [0.15, 0.2) is 42.5 Å². The van der Waals surface area contributed by atoms with Crippen molar-refractivity contribution in [3.05, 3.63) is 63.6 Å². The van der Waals surface area contributed by atoms with E-state index in [4.69, 9.17) is 32.7 Å². The highest BCUT2D eigenvalue weighted by Gasteiger charge is 2.21. The number of carbonyl (C=O) groups is 2. The second kappa shape index (κ2) is 8.74. The van der Waals surface area contributed by atoms with E-state index in [9.17, 15) is 9.59 Å². The van der Waals surface area contributed by atoms with Gasteiger partial charge in [-0.2, -0.15) is 0 Å². The molecule has 132 valence electrons. The fourth-order valence-corrected chi connectivity index (χ4v) is 2.39. The van der Waals surface area contributed by atoms with Crippen molar-refractivity contribution >= 4 is 35.1 Å². The molecule has 2 aromatic rings. The first-order valence-electron chi connectivity index (χ1n) is 7.48. The number of esters is 1. The zero-order valence-corrected chi connectivity index (χ0v) is 15.2. The Morgan fingerprint density at radius 1 is 1.12 bits per heavy atom. The fourth-order valence-electron chi connectivity index (χ4n) is 2.02. The van der Waals surface area contributed by atoms with Crippen molar-refractivity contribution in [2.45, 2.75) is 19.6 Å². The van der Waals surface area contributed by atoms with Crippen LogP contribution >= 0.6 is 23.2 Å². The Kier molecular flexibility index (Phi) is 6.67. The van der Waals surface area contributed by atoms with Crippen LogP contribution in [0.5, 0.6) is 5.75 Å². The van der Waals surface area contributed by atoms with E-state index in [1.807, 2.05) is 12.1 Å². The molecule has 0 saturated heterocycles. The van der Waals surface area contributed by atoms with Crippen LogP contribution in [0.25, 0.3) is 0 Å². The highest BCUT2D eigenvalue weighted by molar-refractivity contribution is 6.43. The van der Waals surface area contributed by atoms with Crippen LogP contribution in [0.1, 0.15) is 22.8 Å². The van der Waals surface area contributed by atoms with Crippen molar-refractivity contribution in [3.8, 4) is 5.75 Å². The summed E-state index contributed by atoms with van der Waals surface area (Å²) < 4.78 is 10.2. The van der Waals surface area contributed by atoms with Gasteiger partial charge in [-0.1, -0.05) is 41.4 Å². The summed E-state index contributed by atoms with van der Waals surface area (Å²) in [7, 11) is 1.58. The molecule has 0 aliphatic rings. The molecule has 0 bridgehead atoms. The Bertz CT molecular complexity index is 762. The summed E-state index contributed by atoms with van der Waals surface area (Å²) in [5, 5.41) is 3.04. The molecule has 2 aromatic carbocycles. The zero-order valence-electron chi connectivity index (χ0n) is 13.7. The quantitative estimate of drug-likeness (QED) is 0.771. The van der Waals surface area contributed by atoms with Gasteiger partial charge in [0.05, 0.1) is 22.7 Å². The number of halogens is 2. The number of carbonyl (C=O) groups excluding carboxylic acids is 2. The molecule has 7 heteroatoms. The van der Waals surface area contributed by atoms with Gasteiger partial charge in [0.15, 0.2) is 6.10 Å². The van der Waals surface area contributed by atoms with Gasteiger partial charge >= 0.3 is 5.97 Å². The van der Waals surface area contributed by atoms with Gasteiger partial charge in [-0.05, 0) is 36.8 Å². The summed E-state index contributed by atoms with van der Waals surface area (Å²) in [6.45, 7) is 1.79. The van der Waals surface area contributed by atoms with Crippen LogP contribution in [0.3, 0.4) is 0 Å². The summed E-state index contributed by atoms with van der Waals surface area (Å²) in [4.78, 5) is 24.2. The lowest BCUT2D eigenvalue weighted by Crippen LogP contribution is -2.35. The average Bonchev–Trinajstić information content (AvgIpc) is 2.62. The number of ether oxygens (including phenoxy) is 2. The standard InChI is InChI=1S/C18H17Cl2NO4/c1-11(25-18(23)14-4-3-5-15(19)16(14)20)17(22)21-10-12-6-8-13(24-2)9-7-12/h3-9,11H,10H2,1-2H3,(H,21,22)/t11-/m1/s1. The lowest BCUT2D eigenvalue weighted by molar-refractivity contribution is -0.129. The molecule has 0 aliphatic heterocycles. The molecule has 0 spiro atoms. The number of rotatable bonds is 6. The minimum Gasteiger partial charge on any atom is -0.497 e. The number of hydrogen-bond donors (Lipinski definition) is 1. The topological polar surface area (TPSA) is 64.6 Å². The molecule has 0 fully saturated rings. The van der Waals surface area contributed by atoms with E-state index in [-0.39, 0.29) is 15.6 Å². The third kappa shape index (κ3) is 5.11. The van der Waals surface area contributed by atoms with Crippen molar-refractivity contribution in [1.29, 1.82) is 0 Å². The Hall–Kier alpha value is -2.24. The lowest BCUT2D eigenvalue weighted by Gasteiger charge is -2.14. The van der Waals surface area contributed by atoms with E-state index in [2.05, 4.69) is 5.32 Å². The molecular formula is C18H17Cl2NO4. The molecule has 0 saturated carbocycles. The fraction of sp³-hybridized carbons (Fsp3) is 0.222. The van der Waals surface area contributed by atoms with E-state index in [1.54, 1.807) is 31.4 Å². The Morgan fingerprint density at radius 3 is 2.44 bits per heavy atom. The van der Waals surface area contributed by atoms with Gasteiger partial charge in [-0.3, -0.25) is 4.79 Å². The molecule has 0 heterocycles. The minimum atomic E-state index is -0.971. The van der Waals surface area contributed by atoms with Gasteiger partial charge in [-0.15, -0.1) is 0 Å². The van der Waals surface area contributed by atoms with Gasteiger partial charge in [-0.25, -0.2) is 4.79 Å². The third-order valence-corrected chi connectivity index (χ3v) is 4.27. The molecule has 25 heavy (non-hydrogen) atoms. The molecule has 0 unspecified atom stereocenters. The van der Waals surface area contributed by atoms with Gasteiger partial charge < -0.3 is 14.8 Å². The third-order valence-electron chi connectivity index (χ3n) is 3.45. The van der Waals surface area contributed by atoms with Gasteiger partial charge in [0.25, 0.3) is 5.91 Å². The predicted molar refractivity (Wildman–Crippen MR) is 96.2 cm³/mol. The van der Waals surface area contributed by atoms with Crippen LogP contribution in [0.2, 0.25) is 10.0 Å². The summed E-state index contributed by atoms with van der Waals surface area (Å²) >= 11 is 11.8. The normalized spacial score (nSPS) is 11.5. The SMILES string of the molecule is COc1ccc(CNC(=O)[C@@H](C)OC(=O)c2cccc(Cl)c2Cl)cc1. The van der Waals surface area contributed by atoms with E-state index in [0.29, 0.717) is 6.54 Å². The maximum Gasteiger partial charge on any atom is 0.340 e. The van der Waals surface area contributed by atoms with Crippen LogP contribution < -0.4 is 10.1 Å². The van der Waals surface area contributed by atoms with E-state index in [1.165, 1.54) is 13.0 Å². The number of benzene rings is 2. The molecule has 1 N–H and O–H groups in total. The second-order valence-corrected chi connectivity index (χ2v) is 6.00. The van der Waals surface area contributed by atoms with Crippen molar-refractivity contribution in [1.82, 2.24) is 5.32 Å². The van der Waals surface area contributed by atoms with E-state index in [0.717, 1.165) is 11.3 Å². The number of hydrogen-bond acceptors (Lipinski definition) is 4. The van der Waals surface area contributed by atoms with E-state index >= 15 is 0 Å². The molecule has 0 aromatic heterocycles. The van der Waals surface area contributed by atoms with Crippen LogP contribution in [-0.2, 0) is 16.1 Å². The predicted octanol–water partition coefficient (Wildman–Crippen LogP) is 3.86. The van der Waals surface area contributed by atoms with Gasteiger partial charge in [0, 0.05) is 6.54 Å². The molecule has 5 nitrogen and oxygen atoms in total. The van der Waals surface area contributed by atoms with Crippen molar-refractivity contribution < 1.29 is 19.1 Å². The maximum absolute atomic E-state index is 12.1. The van der Waals surface area contributed by atoms with Crippen molar-refractivity contribution in [2.75, 3.05) is 7.11 Å². The number of methoxy groups -OCH3 is 1. The lowest BCUT2D eigenvalue weighted by atomic mass is 10.2. The zero-order chi connectivity index (χ0) is 18.4.